The van der Waals surface area contributed by atoms with Crippen molar-refractivity contribution in [2.45, 2.75) is 19.4 Å². The fourth-order valence-electron chi connectivity index (χ4n) is 1.95. The van der Waals surface area contributed by atoms with Crippen LogP contribution in [0.2, 0.25) is 0 Å². The van der Waals surface area contributed by atoms with Crippen LogP contribution in [0.1, 0.15) is 24.1 Å². The molecule has 0 amide bonds. The van der Waals surface area contributed by atoms with Gasteiger partial charge in [-0.2, -0.15) is 0 Å². The van der Waals surface area contributed by atoms with Gasteiger partial charge < -0.3 is 15.2 Å². The van der Waals surface area contributed by atoms with Gasteiger partial charge in [0.15, 0.2) is 0 Å². The molecule has 2 aromatic carbocycles. The first-order chi connectivity index (χ1) is 10.1. The van der Waals surface area contributed by atoms with Gasteiger partial charge in [0, 0.05) is 13.2 Å². The van der Waals surface area contributed by atoms with Crippen molar-refractivity contribution in [2.24, 2.45) is 5.73 Å². The molecule has 21 heavy (non-hydrogen) atoms. The monoisotopic (exact) mass is 349 g/mol. The minimum absolute atomic E-state index is 0.00965. The molecule has 112 valence electrons. The SMILES string of the molecule is COCCc1ccc(Oc2ccc([C@H](C)N)cc2Br)cc1. The number of benzene rings is 2. The molecule has 0 fully saturated rings. The van der Waals surface area contributed by atoms with E-state index in [1.54, 1.807) is 7.11 Å². The lowest BCUT2D eigenvalue weighted by molar-refractivity contribution is 0.202. The van der Waals surface area contributed by atoms with Crippen molar-refractivity contribution >= 4 is 15.9 Å². The number of hydrogen-bond acceptors (Lipinski definition) is 3. The van der Waals surface area contributed by atoms with E-state index in [4.69, 9.17) is 15.2 Å². The Hall–Kier alpha value is -1.36. The molecule has 2 N–H and O–H groups in total. The van der Waals surface area contributed by atoms with Crippen LogP contribution < -0.4 is 10.5 Å². The van der Waals surface area contributed by atoms with Crippen molar-refractivity contribution in [3.05, 3.63) is 58.1 Å². The molecule has 0 heterocycles. The third-order valence-electron chi connectivity index (χ3n) is 3.23. The second-order valence-corrected chi connectivity index (χ2v) is 5.82. The molecular formula is C17H20BrNO2. The summed E-state index contributed by atoms with van der Waals surface area (Å²) in [5, 5.41) is 0. The van der Waals surface area contributed by atoms with E-state index in [-0.39, 0.29) is 6.04 Å². The number of nitrogens with two attached hydrogens (primary N) is 1. The molecule has 0 radical (unpaired) electrons. The quantitative estimate of drug-likeness (QED) is 0.837. The Balaban J connectivity index is 2.07. The Bertz CT molecular complexity index is 582. The lowest BCUT2D eigenvalue weighted by Gasteiger charge is -2.11. The van der Waals surface area contributed by atoms with E-state index in [0.717, 1.165) is 34.6 Å². The summed E-state index contributed by atoms with van der Waals surface area (Å²) in [4.78, 5) is 0. The van der Waals surface area contributed by atoms with E-state index in [1.165, 1.54) is 5.56 Å². The van der Waals surface area contributed by atoms with Crippen LogP contribution in [0.25, 0.3) is 0 Å². The molecule has 3 nitrogen and oxygen atoms in total. The number of rotatable bonds is 6. The van der Waals surface area contributed by atoms with Gasteiger partial charge in [-0.3, -0.25) is 0 Å². The molecule has 0 unspecified atom stereocenters. The van der Waals surface area contributed by atoms with Gasteiger partial charge in [-0.25, -0.2) is 0 Å². The minimum Gasteiger partial charge on any atom is -0.456 e. The van der Waals surface area contributed by atoms with Crippen molar-refractivity contribution in [3.63, 3.8) is 0 Å². The fraction of sp³-hybridized carbons (Fsp3) is 0.294. The first-order valence-electron chi connectivity index (χ1n) is 6.91. The molecule has 0 aromatic heterocycles. The van der Waals surface area contributed by atoms with Gasteiger partial charge in [-0.05, 0) is 64.7 Å². The lowest BCUT2D eigenvalue weighted by atomic mass is 10.1. The Morgan fingerprint density at radius 1 is 1.14 bits per heavy atom. The van der Waals surface area contributed by atoms with Crippen LogP contribution >= 0.6 is 15.9 Å². The minimum atomic E-state index is 0.00965. The molecule has 2 rings (SSSR count). The zero-order valence-electron chi connectivity index (χ0n) is 12.3. The van der Waals surface area contributed by atoms with Crippen LogP contribution in [-0.4, -0.2) is 13.7 Å². The van der Waals surface area contributed by atoms with Crippen molar-refractivity contribution in [3.8, 4) is 11.5 Å². The van der Waals surface area contributed by atoms with Crippen LogP contribution in [0, 0.1) is 0 Å². The van der Waals surface area contributed by atoms with Crippen molar-refractivity contribution < 1.29 is 9.47 Å². The van der Waals surface area contributed by atoms with Crippen molar-refractivity contribution in [2.75, 3.05) is 13.7 Å². The zero-order valence-corrected chi connectivity index (χ0v) is 13.9. The smallest absolute Gasteiger partial charge is 0.141 e. The highest BCUT2D eigenvalue weighted by Gasteiger charge is 2.06. The highest BCUT2D eigenvalue weighted by molar-refractivity contribution is 9.10. The maximum Gasteiger partial charge on any atom is 0.141 e. The maximum atomic E-state index is 5.88. The molecule has 0 saturated carbocycles. The van der Waals surface area contributed by atoms with E-state index < -0.39 is 0 Å². The van der Waals surface area contributed by atoms with E-state index in [0.29, 0.717) is 0 Å². The average Bonchev–Trinajstić information content (AvgIpc) is 2.48. The van der Waals surface area contributed by atoms with Crippen LogP contribution in [0.15, 0.2) is 46.9 Å². The summed E-state index contributed by atoms with van der Waals surface area (Å²) < 4.78 is 11.9. The van der Waals surface area contributed by atoms with E-state index in [1.807, 2.05) is 37.3 Å². The second kappa shape index (κ2) is 7.59. The highest BCUT2D eigenvalue weighted by atomic mass is 79.9. The molecule has 0 spiro atoms. The molecule has 0 aliphatic heterocycles. The summed E-state index contributed by atoms with van der Waals surface area (Å²) in [5.41, 5.74) is 8.18. The maximum absolute atomic E-state index is 5.88. The second-order valence-electron chi connectivity index (χ2n) is 4.97. The van der Waals surface area contributed by atoms with Gasteiger partial charge in [0.1, 0.15) is 11.5 Å². The van der Waals surface area contributed by atoms with Crippen LogP contribution in [-0.2, 0) is 11.2 Å². The highest BCUT2D eigenvalue weighted by Crippen LogP contribution is 2.31. The predicted molar refractivity (Wildman–Crippen MR) is 88.8 cm³/mol. The van der Waals surface area contributed by atoms with Gasteiger partial charge >= 0.3 is 0 Å². The van der Waals surface area contributed by atoms with Crippen molar-refractivity contribution in [1.82, 2.24) is 0 Å². The van der Waals surface area contributed by atoms with Crippen LogP contribution in [0.3, 0.4) is 0 Å². The third kappa shape index (κ3) is 4.56. The summed E-state index contributed by atoms with van der Waals surface area (Å²) >= 11 is 3.52. The summed E-state index contributed by atoms with van der Waals surface area (Å²) in [7, 11) is 1.71. The molecule has 0 aliphatic rings. The first-order valence-corrected chi connectivity index (χ1v) is 7.70. The summed E-state index contributed by atoms with van der Waals surface area (Å²) in [6.07, 6.45) is 0.906. The number of methoxy groups -OCH3 is 1. The summed E-state index contributed by atoms with van der Waals surface area (Å²) in [5.74, 6) is 1.59. The molecule has 1 atom stereocenters. The summed E-state index contributed by atoms with van der Waals surface area (Å²) in [6, 6.07) is 14.0. The molecule has 0 bridgehead atoms. The normalized spacial score (nSPS) is 12.2. The van der Waals surface area contributed by atoms with E-state index in [2.05, 4.69) is 28.1 Å². The number of hydrogen-bond donors (Lipinski definition) is 1. The lowest BCUT2D eigenvalue weighted by Crippen LogP contribution is -2.04. The average molecular weight is 350 g/mol. The first kappa shape index (κ1) is 16.0. The standard InChI is InChI=1S/C17H20BrNO2/c1-12(19)14-5-8-17(16(18)11-14)21-15-6-3-13(4-7-15)9-10-20-2/h3-8,11-12H,9-10,19H2,1-2H3/t12-/m0/s1. The van der Waals surface area contributed by atoms with Gasteiger partial charge in [-0.15, -0.1) is 0 Å². The van der Waals surface area contributed by atoms with Gasteiger partial charge in [-0.1, -0.05) is 18.2 Å². The van der Waals surface area contributed by atoms with Gasteiger partial charge in [0.25, 0.3) is 0 Å². The Morgan fingerprint density at radius 3 is 2.43 bits per heavy atom. The Kier molecular flexibility index (Phi) is 5.79. The Morgan fingerprint density at radius 2 is 1.86 bits per heavy atom. The van der Waals surface area contributed by atoms with Crippen LogP contribution in [0.5, 0.6) is 11.5 Å². The molecule has 0 saturated heterocycles. The molecular weight excluding hydrogens is 330 g/mol. The predicted octanol–water partition coefficient (Wildman–Crippen LogP) is 4.45. The van der Waals surface area contributed by atoms with Gasteiger partial charge in [0.2, 0.25) is 0 Å². The van der Waals surface area contributed by atoms with Gasteiger partial charge in [0.05, 0.1) is 11.1 Å². The Labute approximate surface area is 134 Å². The van der Waals surface area contributed by atoms with Crippen LogP contribution in [0.4, 0.5) is 0 Å². The molecule has 0 aliphatic carbocycles. The number of halogens is 1. The van der Waals surface area contributed by atoms with Crippen molar-refractivity contribution in [1.29, 1.82) is 0 Å². The molecule has 2 aromatic rings. The molecule has 4 heteroatoms. The fourth-order valence-corrected chi connectivity index (χ4v) is 2.43. The zero-order chi connectivity index (χ0) is 15.2. The largest absolute Gasteiger partial charge is 0.456 e. The summed E-state index contributed by atoms with van der Waals surface area (Å²) in [6.45, 7) is 2.69. The third-order valence-corrected chi connectivity index (χ3v) is 3.85. The topological polar surface area (TPSA) is 44.5 Å². The number of ether oxygens (including phenoxy) is 2. The van der Waals surface area contributed by atoms with E-state index in [9.17, 15) is 0 Å². The van der Waals surface area contributed by atoms with E-state index >= 15 is 0 Å².